The molecule has 0 radical (unpaired) electrons. The number of ether oxygens (including phenoxy) is 2. The molecule has 0 amide bonds. The van der Waals surface area contributed by atoms with Crippen molar-refractivity contribution in [3.8, 4) is 0 Å². The number of fused-ring (bicyclic) bond motifs is 1. The minimum Gasteiger partial charge on any atom is -0.382 e. The third-order valence-corrected chi connectivity index (χ3v) is 3.12. The predicted molar refractivity (Wildman–Crippen MR) is 64.9 cm³/mol. The van der Waals surface area contributed by atoms with E-state index in [0.29, 0.717) is 11.2 Å². The predicted octanol–water partition coefficient (Wildman–Crippen LogP) is 1.34. The normalized spacial score (nSPS) is 23.9. The number of imidazole rings is 1. The first-order valence-corrected chi connectivity index (χ1v) is 5.90. The number of anilines is 1. The molecule has 18 heavy (non-hydrogen) atoms. The summed E-state index contributed by atoms with van der Waals surface area (Å²) >= 11 is 5.81. The van der Waals surface area contributed by atoms with Gasteiger partial charge in [0.25, 0.3) is 0 Å². The minimum atomic E-state index is -0.192. The minimum absolute atomic E-state index is 0.100. The number of aromatic nitrogens is 4. The summed E-state index contributed by atoms with van der Waals surface area (Å²) in [6, 6.07) is 0. The van der Waals surface area contributed by atoms with E-state index in [1.165, 1.54) is 0 Å². The summed E-state index contributed by atoms with van der Waals surface area (Å²) in [6.07, 6.45) is 2.93. The van der Waals surface area contributed by atoms with Gasteiger partial charge in [-0.1, -0.05) is 0 Å². The number of nitrogens with zero attached hydrogens (tertiary/aromatic N) is 4. The molecular weight excluding hydrogens is 258 g/mol. The van der Waals surface area contributed by atoms with Crippen LogP contribution in [0, 0.1) is 0 Å². The highest BCUT2D eigenvalue weighted by Gasteiger charge is 2.28. The van der Waals surface area contributed by atoms with Gasteiger partial charge in [0.15, 0.2) is 17.8 Å². The van der Waals surface area contributed by atoms with Gasteiger partial charge in [0.2, 0.25) is 5.28 Å². The van der Waals surface area contributed by atoms with Crippen LogP contribution in [0.1, 0.15) is 19.1 Å². The van der Waals surface area contributed by atoms with E-state index in [9.17, 15) is 0 Å². The van der Waals surface area contributed by atoms with Gasteiger partial charge < -0.3 is 15.2 Å². The molecule has 1 aliphatic heterocycles. The summed E-state index contributed by atoms with van der Waals surface area (Å²) in [4.78, 5) is 12.2. The highest BCUT2D eigenvalue weighted by molar-refractivity contribution is 6.28. The summed E-state index contributed by atoms with van der Waals surface area (Å²) in [5.41, 5.74) is 6.85. The lowest BCUT2D eigenvalue weighted by molar-refractivity contribution is -0.132. The number of halogens is 1. The van der Waals surface area contributed by atoms with Crippen molar-refractivity contribution in [3.63, 3.8) is 0 Å². The fourth-order valence-electron chi connectivity index (χ4n) is 2.09. The summed E-state index contributed by atoms with van der Waals surface area (Å²) in [7, 11) is 1.62. The number of methoxy groups -OCH3 is 1. The molecule has 0 spiro atoms. The average Bonchev–Trinajstić information content (AvgIpc) is 2.93. The van der Waals surface area contributed by atoms with Crippen molar-refractivity contribution in [2.75, 3.05) is 12.8 Å². The molecule has 3 heterocycles. The monoisotopic (exact) mass is 269 g/mol. The molecule has 1 fully saturated rings. The Balaban J connectivity index is 2.03. The zero-order valence-corrected chi connectivity index (χ0v) is 10.5. The second-order valence-electron chi connectivity index (χ2n) is 4.04. The summed E-state index contributed by atoms with van der Waals surface area (Å²) in [5.74, 6) is 0.269. The topological polar surface area (TPSA) is 88.1 Å². The van der Waals surface area contributed by atoms with Gasteiger partial charge in [-0.25, -0.2) is 4.98 Å². The van der Waals surface area contributed by atoms with Gasteiger partial charge in [-0.15, -0.1) is 0 Å². The summed E-state index contributed by atoms with van der Waals surface area (Å²) in [5, 5.41) is 0.100. The van der Waals surface area contributed by atoms with Crippen LogP contribution in [-0.2, 0) is 9.47 Å². The molecule has 8 heteroatoms. The molecule has 2 aromatic heterocycles. The lowest BCUT2D eigenvalue weighted by Gasteiger charge is -2.13. The van der Waals surface area contributed by atoms with Gasteiger partial charge >= 0.3 is 0 Å². The Morgan fingerprint density at radius 2 is 2.33 bits per heavy atom. The Morgan fingerprint density at radius 1 is 1.50 bits per heavy atom. The van der Waals surface area contributed by atoms with Crippen LogP contribution in [0.2, 0.25) is 5.28 Å². The third kappa shape index (κ3) is 1.80. The van der Waals surface area contributed by atoms with Crippen LogP contribution >= 0.6 is 11.6 Å². The molecule has 2 atom stereocenters. The molecule has 96 valence electrons. The second kappa shape index (κ2) is 4.34. The SMILES string of the molecule is CO[C@@H]1CCC(n2cnc3c(N)nc(Cl)nc32)O1. The highest BCUT2D eigenvalue weighted by atomic mass is 35.5. The zero-order valence-electron chi connectivity index (χ0n) is 9.71. The van der Waals surface area contributed by atoms with Crippen LogP contribution in [0.15, 0.2) is 6.33 Å². The van der Waals surface area contributed by atoms with E-state index in [2.05, 4.69) is 15.0 Å². The lowest BCUT2D eigenvalue weighted by atomic mass is 10.3. The lowest BCUT2D eigenvalue weighted by Crippen LogP contribution is -2.12. The number of nitrogens with two attached hydrogens (primary N) is 1. The van der Waals surface area contributed by atoms with E-state index in [1.54, 1.807) is 18.0 Å². The summed E-state index contributed by atoms with van der Waals surface area (Å²) < 4.78 is 12.7. The van der Waals surface area contributed by atoms with Crippen molar-refractivity contribution in [3.05, 3.63) is 11.6 Å². The molecule has 7 nitrogen and oxygen atoms in total. The summed E-state index contributed by atoms with van der Waals surface area (Å²) in [6.45, 7) is 0. The van der Waals surface area contributed by atoms with Crippen molar-refractivity contribution in [2.45, 2.75) is 25.4 Å². The van der Waals surface area contributed by atoms with E-state index in [0.717, 1.165) is 12.8 Å². The Hall–Kier alpha value is -1.44. The molecule has 2 aromatic rings. The van der Waals surface area contributed by atoms with E-state index in [-0.39, 0.29) is 23.6 Å². The van der Waals surface area contributed by atoms with Crippen molar-refractivity contribution < 1.29 is 9.47 Å². The first-order valence-electron chi connectivity index (χ1n) is 5.53. The smallest absolute Gasteiger partial charge is 0.226 e. The molecule has 0 aromatic carbocycles. The zero-order chi connectivity index (χ0) is 12.7. The second-order valence-corrected chi connectivity index (χ2v) is 4.37. The van der Waals surface area contributed by atoms with Crippen LogP contribution in [0.4, 0.5) is 5.82 Å². The first-order chi connectivity index (χ1) is 8.69. The van der Waals surface area contributed by atoms with Crippen molar-refractivity contribution in [1.82, 2.24) is 19.5 Å². The maximum atomic E-state index is 5.81. The molecule has 1 unspecified atom stereocenters. The van der Waals surface area contributed by atoms with Crippen LogP contribution < -0.4 is 5.73 Å². The van der Waals surface area contributed by atoms with Crippen molar-refractivity contribution in [2.24, 2.45) is 0 Å². The van der Waals surface area contributed by atoms with Gasteiger partial charge in [-0.3, -0.25) is 4.57 Å². The Kier molecular flexibility index (Phi) is 2.81. The molecule has 3 rings (SSSR count). The van der Waals surface area contributed by atoms with Crippen LogP contribution in [0.3, 0.4) is 0 Å². The van der Waals surface area contributed by atoms with Crippen LogP contribution in [0.25, 0.3) is 11.2 Å². The molecule has 0 saturated carbocycles. The van der Waals surface area contributed by atoms with Crippen molar-refractivity contribution in [1.29, 1.82) is 0 Å². The van der Waals surface area contributed by atoms with Gasteiger partial charge in [0.1, 0.15) is 11.7 Å². The molecule has 0 bridgehead atoms. The van der Waals surface area contributed by atoms with E-state index in [4.69, 9.17) is 26.8 Å². The molecule has 1 saturated heterocycles. The van der Waals surface area contributed by atoms with Gasteiger partial charge in [0, 0.05) is 13.5 Å². The van der Waals surface area contributed by atoms with Crippen LogP contribution in [-0.4, -0.2) is 32.9 Å². The van der Waals surface area contributed by atoms with Crippen LogP contribution in [0.5, 0.6) is 0 Å². The third-order valence-electron chi connectivity index (χ3n) is 2.95. The average molecular weight is 270 g/mol. The van der Waals surface area contributed by atoms with E-state index < -0.39 is 0 Å². The number of hydrogen-bond donors (Lipinski definition) is 1. The number of nitrogen functional groups attached to an aromatic ring is 1. The van der Waals surface area contributed by atoms with Gasteiger partial charge in [-0.05, 0) is 18.0 Å². The van der Waals surface area contributed by atoms with E-state index in [1.807, 2.05) is 0 Å². The van der Waals surface area contributed by atoms with Gasteiger partial charge in [0.05, 0.1) is 6.33 Å². The van der Waals surface area contributed by atoms with E-state index >= 15 is 0 Å². The molecule has 0 aliphatic carbocycles. The molecule has 1 aliphatic rings. The fraction of sp³-hybridized carbons (Fsp3) is 0.500. The number of hydrogen-bond acceptors (Lipinski definition) is 6. The molecular formula is C10H12ClN5O2. The van der Waals surface area contributed by atoms with Crippen molar-refractivity contribution >= 4 is 28.6 Å². The molecule has 2 N–H and O–H groups in total. The maximum Gasteiger partial charge on any atom is 0.226 e. The Labute approximate surface area is 108 Å². The Morgan fingerprint density at radius 3 is 3.06 bits per heavy atom. The maximum absolute atomic E-state index is 5.81. The largest absolute Gasteiger partial charge is 0.382 e. The Bertz CT molecular complexity index is 587. The quantitative estimate of drug-likeness (QED) is 0.828. The fourth-order valence-corrected chi connectivity index (χ4v) is 2.26. The first kappa shape index (κ1) is 11.6. The highest BCUT2D eigenvalue weighted by Crippen LogP contribution is 2.31. The number of rotatable bonds is 2. The standard InChI is InChI=1S/C10H12ClN5O2/c1-17-6-3-2-5(18-6)16-4-13-7-8(12)14-10(11)15-9(7)16/h4-6H,2-3H2,1H3,(H2,12,14,15)/t5?,6-/m0/s1. The van der Waals surface area contributed by atoms with Gasteiger partial charge in [-0.2, -0.15) is 9.97 Å².